The fraction of sp³-hybridized carbons (Fsp3) is 0.647. The number of halogens is 3. The molecule has 0 aliphatic carbocycles. The Labute approximate surface area is 139 Å². The molecule has 0 saturated carbocycles. The first-order valence-corrected chi connectivity index (χ1v) is 8.04. The zero-order valence-electron chi connectivity index (χ0n) is 13.8. The molecule has 1 fully saturated rings. The first kappa shape index (κ1) is 19.2. The van der Waals surface area contributed by atoms with Gasteiger partial charge in [-0.1, -0.05) is 31.5 Å². The number of alkyl halides is 3. The number of ether oxygens (including phenoxy) is 3. The van der Waals surface area contributed by atoms with Gasteiger partial charge < -0.3 is 19.3 Å². The van der Waals surface area contributed by atoms with Crippen molar-refractivity contribution in [2.75, 3.05) is 6.61 Å². The van der Waals surface area contributed by atoms with Crippen LogP contribution in [-0.4, -0.2) is 36.3 Å². The third-order valence-corrected chi connectivity index (χ3v) is 3.90. The molecule has 1 heterocycles. The van der Waals surface area contributed by atoms with Crippen LogP contribution in [0.2, 0.25) is 0 Å². The van der Waals surface area contributed by atoms with E-state index in [2.05, 4.69) is 0 Å². The summed E-state index contributed by atoms with van der Waals surface area (Å²) in [5.74, 6) is 0. The highest BCUT2D eigenvalue weighted by molar-refractivity contribution is 5.29. The van der Waals surface area contributed by atoms with Crippen molar-refractivity contribution in [2.45, 2.75) is 64.1 Å². The number of aliphatic hydroxyl groups is 1. The number of aliphatic hydroxyl groups excluding tert-OH is 1. The molecule has 136 valence electrons. The number of benzene rings is 1. The first-order chi connectivity index (χ1) is 11.3. The SMILES string of the molecule is CCC[C@H]1OC[C@@H](OCc2ccccc2C(F)(F)F)[C@@H](C(C)O)O1. The van der Waals surface area contributed by atoms with Crippen LogP contribution in [0.1, 0.15) is 37.8 Å². The second-order valence-electron chi connectivity index (χ2n) is 5.90. The quantitative estimate of drug-likeness (QED) is 0.855. The predicted molar refractivity (Wildman–Crippen MR) is 81.2 cm³/mol. The van der Waals surface area contributed by atoms with Crippen LogP contribution in [0.3, 0.4) is 0 Å². The minimum atomic E-state index is -4.44. The number of rotatable bonds is 6. The van der Waals surface area contributed by atoms with E-state index < -0.39 is 36.3 Å². The molecule has 4 atom stereocenters. The summed E-state index contributed by atoms with van der Waals surface area (Å²) in [6, 6.07) is 5.28. The van der Waals surface area contributed by atoms with Crippen molar-refractivity contribution in [3.8, 4) is 0 Å². The third-order valence-electron chi connectivity index (χ3n) is 3.90. The molecule has 24 heavy (non-hydrogen) atoms. The van der Waals surface area contributed by atoms with E-state index in [1.807, 2.05) is 6.92 Å². The summed E-state index contributed by atoms with van der Waals surface area (Å²) in [4.78, 5) is 0. The normalized spacial score (nSPS) is 26.3. The Morgan fingerprint density at radius 1 is 1.33 bits per heavy atom. The lowest BCUT2D eigenvalue weighted by Crippen LogP contribution is -2.50. The van der Waals surface area contributed by atoms with E-state index in [0.717, 1.165) is 12.5 Å². The maximum atomic E-state index is 13.0. The summed E-state index contributed by atoms with van der Waals surface area (Å²) in [6.45, 7) is 3.50. The minimum Gasteiger partial charge on any atom is -0.391 e. The van der Waals surface area contributed by atoms with Crippen molar-refractivity contribution in [3.63, 3.8) is 0 Å². The lowest BCUT2D eigenvalue weighted by atomic mass is 10.1. The molecule has 1 aliphatic rings. The summed E-state index contributed by atoms with van der Waals surface area (Å²) >= 11 is 0. The summed E-state index contributed by atoms with van der Waals surface area (Å²) in [5, 5.41) is 9.87. The van der Waals surface area contributed by atoms with Crippen LogP contribution in [0.5, 0.6) is 0 Å². The summed E-state index contributed by atoms with van der Waals surface area (Å²) in [5.41, 5.74) is -0.676. The standard InChI is InChI=1S/C17H23F3O4/c1-3-6-15-23-10-14(16(24-15)11(2)21)22-9-12-7-4-5-8-13(12)17(18,19)20/h4-5,7-8,11,14-16,21H,3,6,9-10H2,1-2H3/t11?,14-,15+,16-/m1/s1. The maximum absolute atomic E-state index is 13.0. The van der Waals surface area contributed by atoms with Crippen molar-refractivity contribution in [1.29, 1.82) is 0 Å². The Bertz CT molecular complexity index is 519. The van der Waals surface area contributed by atoms with Gasteiger partial charge in [-0.2, -0.15) is 13.2 Å². The van der Waals surface area contributed by atoms with E-state index in [9.17, 15) is 18.3 Å². The van der Waals surface area contributed by atoms with Gasteiger partial charge in [0.2, 0.25) is 0 Å². The molecular formula is C17H23F3O4. The van der Waals surface area contributed by atoms with Crippen LogP contribution < -0.4 is 0 Å². The van der Waals surface area contributed by atoms with Gasteiger partial charge in [0, 0.05) is 0 Å². The second kappa shape index (κ2) is 8.29. The Hall–Kier alpha value is -1.15. The molecule has 1 N–H and O–H groups in total. The van der Waals surface area contributed by atoms with Gasteiger partial charge in [0.1, 0.15) is 12.2 Å². The van der Waals surface area contributed by atoms with Gasteiger partial charge in [-0.25, -0.2) is 0 Å². The van der Waals surface area contributed by atoms with E-state index in [1.165, 1.54) is 18.2 Å². The zero-order chi connectivity index (χ0) is 17.7. The Kier molecular flexibility index (Phi) is 6.62. The molecule has 0 amide bonds. The minimum absolute atomic E-state index is 0.0463. The molecule has 1 aromatic rings. The predicted octanol–water partition coefficient (Wildman–Crippen LogP) is 3.51. The van der Waals surface area contributed by atoms with Gasteiger partial charge >= 0.3 is 6.18 Å². The maximum Gasteiger partial charge on any atom is 0.416 e. The van der Waals surface area contributed by atoms with Crippen LogP contribution in [0.4, 0.5) is 13.2 Å². The van der Waals surface area contributed by atoms with Crippen molar-refractivity contribution in [1.82, 2.24) is 0 Å². The van der Waals surface area contributed by atoms with Crippen molar-refractivity contribution in [3.05, 3.63) is 35.4 Å². The van der Waals surface area contributed by atoms with Crippen LogP contribution in [0.25, 0.3) is 0 Å². The molecule has 0 spiro atoms. The average molecular weight is 348 g/mol. The van der Waals surface area contributed by atoms with E-state index in [4.69, 9.17) is 14.2 Å². The van der Waals surface area contributed by atoms with Gasteiger partial charge in [0.25, 0.3) is 0 Å². The molecule has 0 aromatic heterocycles. The lowest BCUT2D eigenvalue weighted by Gasteiger charge is -2.37. The molecule has 0 bridgehead atoms. The Morgan fingerprint density at radius 3 is 2.67 bits per heavy atom. The van der Waals surface area contributed by atoms with E-state index in [-0.39, 0.29) is 18.8 Å². The summed E-state index contributed by atoms with van der Waals surface area (Å²) in [7, 11) is 0. The fourth-order valence-electron chi connectivity index (χ4n) is 2.67. The first-order valence-electron chi connectivity index (χ1n) is 8.04. The van der Waals surface area contributed by atoms with Crippen LogP contribution >= 0.6 is 0 Å². The zero-order valence-corrected chi connectivity index (χ0v) is 13.8. The molecular weight excluding hydrogens is 325 g/mol. The third kappa shape index (κ3) is 4.92. The molecule has 0 radical (unpaired) electrons. The highest BCUT2D eigenvalue weighted by atomic mass is 19.4. The fourth-order valence-corrected chi connectivity index (χ4v) is 2.67. The van der Waals surface area contributed by atoms with E-state index >= 15 is 0 Å². The molecule has 4 nitrogen and oxygen atoms in total. The number of hydrogen-bond donors (Lipinski definition) is 1. The molecule has 1 saturated heterocycles. The Balaban J connectivity index is 2.03. The molecule has 1 aromatic carbocycles. The van der Waals surface area contributed by atoms with Crippen LogP contribution in [0.15, 0.2) is 24.3 Å². The van der Waals surface area contributed by atoms with Crippen molar-refractivity contribution < 1.29 is 32.5 Å². The highest BCUT2D eigenvalue weighted by Gasteiger charge is 2.37. The van der Waals surface area contributed by atoms with E-state index in [0.29, 0.717) is 6.42 Å². The van der Waals surface area contributed by atoms with Crippen molar-refractivity contribution in [2.24, 2.45) is 0 Å². The molecule has 1 aliphatic heterocycles. The average Bonchev–Trinajstić information content (AvgIpc) is 2.53. The Morgan fingerprint density at radius 2 is 2.04 bits per heavy atom. The van der Waals surface area contributed by atoms with Gasteiger partial charge in [0.15, 0.2) is 6.29 Å². The summed E-state index contributed by atoms with van der Waals surface area (Å²) < 4.78 is 55.8. The second-order valence-corrected chi connectivity index (χ2v) is 5.90. The van der Waals surface area contributed by atoms with Crippen LogP contribution in [-0.2, 0) is 27.0 Å². The summed E-state index contributed by atoms with van der Waals surface area (Å²) in [6.07, 6.45) is -5.37. The number of hydrogen-bond acceptors (Lipinski definition) is 4. The van der Waals surface area contributed by atoms with Crippen LogP contribution in [0, 0.1) is 0 Å². The topological polar surface area (TPSA) is 47.9 Å². The molecule has 2 rings (SSSR count). The largest absolute Gasteiger partial charge is 0.416 e. The van der Waals surface area contributed by atoms with Gasteiger partial charge in [-0.05, 0) is 25.0 Å². The van der Waals surface area contributed by atoms with Gasteiger partial charge in [0.05, 0.1) is 24.9 Å². The van der Waals surface area contributed by atoms with Crippen molar-refractivity contribution >= 4 is 0 Å². The van der Waals surface area contributed by atoms with Gasteiger partial charge in [-0.15, -0.1) is 0 Å². The lowest BCUT2D eigenvalue weighted by molar-refractivity contribution is -0.281. The monoisotopic (exact) mass is 348 g/mol. The smallest absolute Gasteiger partial charge is 0.391 e. The van der Waals surface area contributed by atoms with Gasteiger partial charge in [-0.3, -0.25) is 0 Å². The molecule has 7 heteroatoms. The van der Waals surface area contributed by atoms with E-state index in [1.54, 1.807) is 6.92 Å². The highest BCUT2D eigenvalue weighted by Crippen LogP contribution is 2.32. The molecule has 1 unspecified atom stereocenters.